The Hall–Kier alpha value is -2.88. The fourth-order valence-electron chi connectivity index (χ4n) is 4.85. The van der Waals surface area contributed by atoms with Gasteiger partial charge in [-0.2, -0.15) is 18.4 Å². The number of hydrogen-bond acceptors (Lipinski definition) is 6. The van der Waals surface area contributed by atoms with Crippen molar-refractivity contribution in [3.05, 3.63) is 52.3 Å². The largest absolute Gasteiger partial charge is 0.484 e. The number of rotatable bonds is 8. The van der Waals surface area contributed by atoms with Gasteiger partial charge in [-0.25, -0.2) is 0 Å². The fraction of sp³-hybridized carbons (Fsp3) is 0.462. The Labute approximate surface area is 240 Å². The minimum absolute atomic E-state index is 0.0267. The summed E-state index contributed by atoms with van der Waals surface area (Å²) in [6, 6.07) is 8.13. The van der Waals surface area contributed by atoms with E-state index in [0.29, 0.717) is 36.4 Å². The molecule has 0 radical (unpaired) electrons. The molecule has 1 N–H and O–H groups in total. The van der Waals surface area contributed by atoms with Crippen molar-refractivity contribution in [1.82, 2.24) is 15.2 Å². The summed E-state index contributed by atoms with van der Waals surface area (Å²) in [5, 5.41) is 11.9. The van der Waals surface area contributed by atoms with Crippen molar-refractivity contribution < 1.29 is 31.7 Å². The second-order valence-electron chi connectivity index (χ2n) is 10.3. The van der Waals surface area contributed by atoms with E-state index < -0.39 is 51.7 Å². The fourth-order valence-corrected chi connectivity index (χ4v) is 6.83. The first-order valence-electron chi connectivity index (χ1n) is 12.4. The smallest absolute Gasteiger partial charge is 0.422 e. The molecular formula is C26H23Cl2F3N4O4S. The van der Waals surface area contributed by atoms with Crippen molar-refractivity contribution in [2.45, 2.75) is 65.4 Å². The van der Waals surface area contributed by atoms with Gasteiger partial charge < -0.3 is 15.0 Å². The molecule has 2 saturated carbocycles. The van der Waals surface area contributed by atoms with Crippen molar-refractivity contribution in [2.24, 2.45) is 0 Å². The molecule has 14 heteroatoms. The Morgan fingerprint density at radius 2 is 1.93 bits per heavy atom. The predicted molar refractivity (Wildman–Crippen MR) is 139 cm³/mol. The minimum atomic E-state index is -4.53. The molecule has 2 unspecified atom stereocenters. The maximum atomic E-state index is 13.9. The lowest BCUT2D eigenvalue weighted by Gasteiger charge is -2.28. The Kier molecular flexibility index (Phi) is 7.52. The lowest BCUT2D eigenvalue weighted by molar-refractivity contribution is -0.153. The average molecular weight is 615 g/mol. The number of halogens is 5. The van der Waals surface area contributed by atoms with Crippen LogP contribution in [0.5, 0.6) is 5.75 Å². The number of nitrogens with one attached hydrogen (secondary N) is 1. The Balaban J connectivity index is 1.38. The van der Waals surface area contributed by atoms with Gasteiger partial charge in [0.15, 0.2) is 6.61 Å². The number of likely N-dealkylation sites (tertiary alicyclic amines) is 1. The van der Waals surface area contributed by atoms with E-state index >= 15 is 0 Å². The van der Waals surface area contributed by atoms with Gasteiger partial charge in [0.1, 0.15) is 17.3 Å². The molecule has 2 aliphatic carbocycles. The molecule has 2 heterocycles. The maximum absolute atomic E-state index is 13.9. The molecule has 1 aliphatic heterocycles. The lowest BCUT2D eigenvalue weighted by atomic mass is 9.99. The highest BCUT2D eigenvalue weighted by Gasteiger charge is 2.58. The third-order valence-corrected chi connectivity index (χ3v) is 9.74. The van der Waals surface area contributed by atoms with E-state index in [9.17, 15) is 32.2 Å². The van der Waals surface area contributed by atoms with Crippen LogP contribution < -0.4 is 10.1 Å². The topological polar surface area (TPSA) is 112 Å². The SMILES string of the molecule is N#CC1(NC(=O)[C@@H]2CC(S(=O)c3ccc(OCC(F)(F)F)cc3Cl)CN2C(=O)C2(c3ccc(Cl)cn3)CC2)CC1. The number of carbonyl (C=O) groups excluding carboxylic acids is 2. The van der Waals surface area contributed by atoms with Gasteiger partial charge in [-0.15, -0.1) is 0 Å². The number of benzene rings is 1. The quantitative estimate of drug-likeness (QED) is 0.474. The normalized spacial score (nSPS) is 23.1. The van der Waals surface area contributed by atoms with Gasteiger partial charge in [0.2, 0.25) is 11.8 Å². The first-order chi connectivity index (χ1) is 18.9. The number of alkyl halides is 3. The molecule has 3 aliphatic rings. The van der Waals surface area contributed by atoms with E-state index in [4.69, 9.17) is 27.9 Å². The minimum Gasteiger partial charge on any atom is -0.484 e. The van der Waals surface area contributed by atoms with Gasteiger partial charge in [-0.3, -0.25) is 18.8 Å². The number of hydrogen-bond donors (Lipinski definition) is 1. The summed E-state index contributed by atoms with van der Waals surface area (Å²) in [5.74, 6) is -0.972. The number of amides is 2. The van der Waals surface area contributed by atoms with Crippen LogP contribution >= 0.6 is 23.2 Å². The molecule has 1 aromatic heterocycles. The lowest BCUT2D eigenvalue weighted by Crippen LogP contribution is -2.51. The zero-order chi connectivity index (χ0) is 28.9. The van der Waals surface area contributed by atoms with Crippen molar-refractivity contribution in [3.8, 4) is 11.8 Å². The van der Waals surface area contributed by atoms with Crippen LogP contribution in [0, 0.1) is 11.3 Å². The number of aromatic nitrogens is 1. The van der Waals surface area contributed by atoms with Crippen molar-refractivity contribution in [1.29, 1.82) is 5.26 Å². The number of carbonyl (C=O) groups is 2. The summed E-state index contributed by atoms with van der Waals surface area (Å²) < 4.78 is 55.8. The molecule has 5 rings (SSSR count). The van der Waals surface area contributed by atoms with Crippen LogP contribution in [0.2, 0.25) is 10.0 Å². The number of nitriles is 1. The monoisotopic (exact) mass is 614 g/mol. The second kappa shape index (κ2) is 10.5. The third kappa shape index (κ3) is 5.78. The molecule has 212 valence electrons. The van der Waals surface area contributed by atoms with Gasteiger partial charge in [0, 0.05) is 12.7 Å². The van der Waals surface area contributed by atoms with E-state index in [0.717, 1.165) is 6.07 Å². The van der Waals surface area contributed by atoms with Crippen LogP contribution in [0.4, 0.5) is 13.2 Å². The van der Waals surface area contributed by atoms with Crippen LogP contribution in [0.15, 0.2) is 41.4 Å². The summed E-state index contributed by atoms with van der Waals surface area (Å²) in [4.78, 5) is 33.2. The molecule has 1 saturated heterocycles. The second-order valence-corrected chi connectivity index (χ2v) is 12.8. The summed E-state index contributed by atoms with van der Waals surface area (Å²) in [5.41, 5.74) is -1.37. The van der Waals surface area contributed by atoms with Gasteiger partial charge in [0.25, 0.3) is 0 Å². The summed E-state index contributed by atoms with van der Waals surface area (Å²) in [6.45, 7) is -1.53. The van der Waals surface area contributed by atoms with Crippen LogP contribution in [0.25, 0.3) is 0 Å². The van der Waals surface area contributed by atoms with Crippen LogP contribution in [0.1, 0.15) is 37.8 Å². The Bertz CT molecular complexity index is 1410. The highest BCUT2D eigenvalue weighted by molar-refractivity contribution is 7.85. The highest BCUT2D eigenvalue weighted by Crippen LogP contribution is 2.50. The number of pyridine rings is 1. The van der Waals surface area contributed by atoms with Gasteiger partial charge in [-0.1, -0.05) is 23.2 Å². The molecular weight excluding hydrogens is 592 g/mol. The molecule has 2 amide bonds. The van der Waals surface area contributed by atoms with E-state index in [1.807, 2.05) is 0 Å². The van der Waals surface area contributed by atoms with Crippen molar-refractivity contribution in [3.63, 3.8) is 0 Å². The van der Waals surface area contributed by atoms with Gasteiger partial charge >= 0.3 is 6.18 Å². The Morgan fingerprint density at radius 3 is 2.48 bits per heavy atom. The highest BCUT2D eigenvalue weighted by atomic mass is 35.5. The van der Waals surface area contributed by atoms with Gasteiger partial charge in [0.05, 0.1) is 48.2 Å². The van der Waals surface area contributed by atoms with Gasteiger partial charge in [-0.05, 0) is 62.4 Å². The molecule has 3 fully saturated rings. The molecule has 40 heavy (non-hydrogen) atoms. The first kappa shape index (κ1) is 28.6. The standard InChI is InChI=1S/C26H23Cl2F3N4O4S/c27-15-1-4-21(33-11-15)25(7-8-25)23(37)35-12-17(10-19(35)22(36)34-24(13-32)5-6-24)40(38)20-3-2-16(9-18(20)28)39-14-26(29,30)31/h1-4,9,11,17,19H,5-8,10,12,14H2,(H,34,36)/t17?,19-,40?/m0/s1. The van der Waals surface area contributed by atoms with Crippen LogP contribution in [0.3, 0.4) is 0 Å². The summed E-state index contributed by atoms with van der Waals surface area (Å²) >= 11 is 12.2. The van der Waals surface area contributed by atoms with Crippen LogP contribution in [-0.4, -0.2) is 62.1 Å². The zero-order valence-corrected chi connectivity index (χ0v) is 23.2. The average Bonchev–Trinajstić information content (AvgIpc) is 3.83. The summed E-state index contributed by atoms with van der Waals surface area (Å²) in [6.07, 6.45) is -1.000. The van der Waals surface area contributed by atoms with E-state index in [1.165, 1.54) is 23.2 Å². The van der Waals surface area contributed by atoms with E-state index in [-0.39, 0.29) is 34.5 Å². The molecule has 0 bridgehead atoms. The predicted octanol–water partition coefficient (Wildman–Crippen LogP) is 4.31. The molecule has 0 spiro atoms. The third-order valence-electron chi connectivity index (χ3n) is 7.36. The zero-order valence-electron chi connectivity index (χ0n) is 20.8. The molecule has 3 atom stereocenters. The van der Waals surface area contributed by atoms with Crippen molar-refractivity contribution in [2.75, 3.05) is 13.2 Å². The molecule has 1 aromatic carbocycles. The summed E-state index contributed by atoms with van der Waals surface area (Å²) in [7, 11) is -1.82. The number of ether oxygens (including phenoxy) is 1. The molecule has 8 nitrogen and oxygen atoms in total. The first-order valence-corrected chi connectivity index (χ1v) is 14.4. The Morgan fingerprint density at radius 1 is 1.20 bits per heavy atom. The number of nitrogens with zero attached hydrogens (tertiary/aromatic N) is 3. The van der Waals surface area contributed by atoms with E-state index in [1.54, 1.807) is 12.1 Å². The maximum Gasteiger partial charge on any atom is 0.422 e. The van der Waals surface area contributed by atoms with Crippen molar-refractivity contribution >= 4 is 45.8 Å². The van der Waals surface area contributed by atoms with E-state index in [2.05, 4.69) is 16.4 Å². The van der Waals surface area contributed by atoms with Crippen LogP contribution in [-0.2, 0) is 25.8 Å². The molecule has 2 aromatic rings.